The highest BCUT2D eigenvalue weighted by Crippen LogP contribution is 2.34. The van der Waals surface area contributed by atoms with Crippen LogP contribution in [0.2, 0.25) is 0 Å². The number of nitrogens with zero attached hydrogens (tertiary/aromatic N) is 1. The lowest BCUT2D eigenvalue weighted by Crippen LogP contribution is -2.02. The van der Waals surface area contributed by atoms with Crippen LogP contribution >= 0.6 is 11.3 Å². The Bertz CT molecular complexity index is 751. The van der Waals surface area contributed by atoms with E-state index in [0.717, 1.165) is 33.8 Å². The van der Waals surface area contributed by atoms with E-state index in [-0.39, 0.29) is 0 Å². The quantitative estimate of drug-likeness (QED) is 0.778. The van der Waals surface area contributed by atoms with Crippen LogP contribution in [0.5, 0.6) is 5.75 Å². The first kappa shape index (κ1) is 14.0. The Morgan fingerprint density at radius 2 is 1.95 bits per heavy atom. The predicted octanol–water partition coefficient (Wildman–Crippen LogP) is 3.86. The molecule has 0 unspecified atom stereocenters. The molecule has 0 amide bonds. The third-order valence-electron chi connectivity index (χ3n) is 3.37. The molecule has 108 valence electrons. The van der Waals surface area contributed by atoms with Crippen molar-refractivity contribution in [2.75, 3.05) is 13.2 Å². The smallest absolute Gasteiger partial charge is 0.127 e. The standard InChI is InChI=1S/C17H18N2OS/c1-2-20-16-8-7-13(12-5-3-4-6-14(12)16)15-11-21-17(19-15)9-10-18/h3-8,11H,2,9-10,18H2,1H3. The number of rotatable bonds is 5. The predicted molar refractivity (Wildman–Crippen MR) is 89.0 cm³/mol. The van der Waals surface area contributed by atoms with E-state index in [1.165, 1.54) is 5.39 Å². The van der Waals surface area contributed by atoms with E-state index in [2.05, 4.69) is 29.6 Å². The van der Waals surface area contributed by atoms with Crippen molar-refractivity contribution in [3.8, 4) is 17.0 Å². The third kappa shape index (κ3) is 2.77. The molecule has 0 aliphatic rings. The fourth-order valence-electron chi connectivity index (χ4n) is 2.45. The molecular weight excluding hydrogens is 280 g/mol. The van der Waals surface area contributed by atoms with Crippen LogP contribution in [0.15, 0.2) is 41.8 Å². The fraction of sp³-hybridized carbons (Fsp3) is 0.235. The lowest BCUT2D eigenvalue weighted by atomic mass is 10.0. The summed E-state index contributed by atoms with van der Waals surface area (Å²) in [7, 11) is 0. The zero-order valence-electron chi connectivity index (χ0n) is 12.0. The van der Waals surface area contributed by atoms with Gasteiger partial charge in [-0.3, -0.25) is 0 Å². The van der Waals surface area contributed by atoms with Crippen molar-refractivity contribution in [1.82, 2.24) is 4.98 Å². The van der Waals surface area contributed by atoms with Gasteiger partial charge in [0.25, 0.3) is 0 Å². The Labute approximate surface area is 128 Å². The minimum absolute atomic E-state index is 0.636. The molecule has 0 saturated carbocycles. The summed E-state index contributed by atoms with van der Waals surface area (Å²) in [6.45, 7) is 3.31. The van der Waals surface area contributed by atoms with E-state index < -0.39 is 0 Å². The molecule has 3 nitrogen and oxygen atoms in total. The molecule has 1 aromatic heterocycles. The Morgan fingerprint density at radius 3 is 2.71 bits per heavy atom. The maximum Gasteiger partial charge on any atom is 0.127 e. The molecule has 0 saturated heterocycles. The van der Waals surface area contributed by atoms with Gasteiger partial charge in [0, 0.05) is 22.8 Å². The van der Waals surface area contributed by atoms with E-state index in [4.69, 9.17) is 15.5 Å². The highest BCUT2D eigenvalue weighted by molar-refractivity contribution is 7.10. The van der Waals surface area contributed by atoms with Gasteiger partial charge in [0.2, 0.25) is 0 Å². The number of nitrogens with two attached hydrogens (primary N) is 1. The maximum atomic E-state index is 5.72. The molecule has 0 radical (unpaired) electrons. The number of hydrogen-bond donors (Lipinski definition) is 1. The second-order valence-electron chi connectivity index (χ2n) is 4.76. The van der Waals surface area contributed by atoms with E-state index in [1.807, 2.05) is 19.1 Å². The van der Waals surface area contributed by atoms with Crippen molar-refractivity contribution in [3.63, 3.8) is 0 Å². The van der Waals surface area contributed by atoms with Crippen LogP contribution < -0.4 is 10.5 Å². The van der Waals surface area contributed by atoms with Gasteiger partial charge < -0.3 is 10.5 Å². The monoisotopic (exact) mass is 298 g/mol. The summed E-state index contributed by atoms with van der Waals surface area (Å²) in [6.07, 6.45) is 0.833. The molecule has 0 fully saturated rings. The molecule has 4 heteroatoms. The lowest BCUT2D eigenvalue weighted by Gasteiger charge is -2.10. The van der Waals surface area contributed by atoms with Crippen molar-refractivity contribution in [2.45, 2.75) is 13.3 Å². The van der Waals surface area contributed by atoms with E-state index in [1.54, 1.807) is 11.3 Å². The summed E-state index contributed by atoms with van der Waals surface area (Å²) >= 11 is 1.67. The second-order valence-corrected chi connectivity index (χ2v) is 5.70. The van der Waals surface area contributed by atoms with E-state index in [0.29, 0.717) is 13.2 Å². The summed E-state index contributed by atoms with van der Waals surface area (Å²) in [5, 5.41) is 5.50. The van der Waals surface area contributed by atoms with Gasteiger partial charge in [-0.1, -0.05) is 24.3 Å². The lowest BCUT2D eigenvalue weighted by molar-refractivity contribution is 0.344. The number of hydrogen-bond acceptors (Lipinski definition) is 4. The number of ether oxygens (including phenoxy) is 1. The van der Waals surface area contributed by atoms with Gasteiger partial charge in [0.15, 0.2) is 0 Å². The number of fused-ring (bicyclic) bond motifs is 1. The average molecular weight is 298 g/mol. The van der Waals surface area contributed by atoms with Crippen LogP contribution in [0.25, 0.3) is 22.0 Å². The van der Waals surface area contributed by atoms with Gasteiger partial charge in [0.05, 0.1) is 17.3 Å². The zero-order chi connectivity index (χ0) is 14.7. The topological polar surface area (TPSA) is 48.1 Å². The summed E-state index contributed by atoms with van der Waals surface area (Å²) in [5.41, 5.74) is 7.77. The molecule has 0 spiro atoms. The average Bonchev–Trinajstić information content (AvgIpc) is 2.97. The van der Waals surface area contributed by atoms with Gasteiger partial charge in [-0.2, -0.15) is 0 Å². The summed E-state index contributed by atoms with van der Waals surface area (Å²) < 4.78 is 5.72. The van der Waals surface area contributed by atoms with Crippen LogP contribution in [0, 0.1) is 0 Å². The second kappa shape index (κ2) is 6.24. The molecule has 3 aromatic rings. The number of benzene rings is 2. The summed E-state index contributed by atoms with van der Waals surface area (Å²) in [6, 6.07) is 12.4. The Kier molecular flexibility index (Phi) is 4.18. The first-order chi connectivity index (χ1) is 10.3. The van der Waals surface area contributed by atoms with Crippen molar-refractivity contribution < 1.29 is 4.74 Å². The summed E-state index contributed by atoms with van der Waals surface area (Å²) in [5.74, 6) is 0.925. The first-order valence-corrected chi connectivity index (χ1v) is 8.01. The third-order valence-corrected chi connectivity index (χ3v) is 4.28. The van der Waals surface area contributed by atoms with Crippen molar-refractivity contribution >= 4 is 22.1 Å². The molecule has 3 rings (SSSR count). The summed E-state index contributed by atoms with van der Waals surface area (Å²) in [4.78, 5) is 4.69. The van der Waals surface area contributed by atoms with Crippen molar-refractivity contribution in [3.05, 3.63) is 46.8 Å². The van der Waals surface area contributed by atoms with Crippen LogP contribution in [0.4, 0.5) is 0 Å². The minimum atomic E-state index is 0.636. The normalized spacial score (nSPS) is 11.0. The Morgan fingerprint density at radius 1 is 1.14 bits per heavy atom. The van der Waals surface area contributed by atoms with Gasteiger partial charge in [0.1, 0.15) is 5.75 Å². The molecule has 0 atom stereocenters. The van der Waals surface area contributed by atoms with Crippen LogP contribution in [-0.2, 0) is 6.42 Å². The molecular formula is C17H18N2OS. The molecule has 2 N–H and O–H groups in total. The largest absolute Gasteiger partial charge is 0.493 e. The van der Waals surface area contributed by atoms with E-state index in [9.17, 15) is 0 Å². The van der Waals surface area contributed by atoms with Crippen LogP contribution in [0.3, 0.4) is 0 Å². The zero-order valence-corrected chi connectivity index (χ0v) is 12.8. The molecule has 1 heterocycles. The highest BCUT2D eigenvalue weighted by Gasteiger charge is 2.11. The number of thiazole rings is 1. The molecule has 21 heavy (non-hydrogen) atoms. The van der Waals surface area contributed by atoms with Gasteiger partial charge >= 0.3 is 0 Å². The molecule has 2 aromatic carbocycles. The first-order valence-electron chi connectivity index (χ1n) is 7.13. The van der Waals surface area contributed by atoms with Crippen LogP contribution in [-0.4, -0.2) is 18.1 Å². The van der Waals surface area contributed by atoms with Crippen molar-refractivity contribution in [1.29, 1.82) is 0 Å². The van der Waals surface area contributed by atoms with Gasteiger partial charge in [-0.15, -0.1) is 11.3 Å². The molecule has 0 aliphatic carbocycles. The fourth-order valence-corrected chi connectivity index (χ4v) is 3.26. The van der Waals surface area contributed by atoms with Gasteiger partial charge in [-0.05, 0) is 31.0 Å². The Balaban J connectivity index is 2.12. The van der Waals surface area contributed by atoms with Crippen molar-refractivity contribution in [2.24, 2.45) is 5.73 Å². The minimum Gasteiger partial charge on any atom is -0.493 e. The number of aromatic nitrogens is 1. The highest BCUT2D eigenvalue weighted by atomic mass is 32.1. The van der Waals surface area contributed by atoms with Crippen LogP contribution in [0.1, 0.15) is 11.9 Å². The molecule has 0 aliphatic heterocycles. The molecule has 0 bridgehead atoms. The maximum absolute atomic E-state index is 5.72. The van der Waals surface area contributed by atoms with Gasteiger partial charge in [-0.25, -0.2) is 4.98 Å². The Hall–Kier alpha value is -1.91. The SMILES string of the molecule is CCOc1ccc(-c2csc(CCN)n2)c2ccccc12. The van der Waals surface area contributed by atoms with E-state index >= 15 is 0 Å².